The van der Waals surface area contributed by atoms with Gasteiger partial charge in [-0.25, -0.2) is 0 Å². The molecule has 244 valence electrons. The second-order valence-electron chi connectivity index (χ2n) is 11.9. The third kappa shape index (κ3) is 6.79. The average molecular weight is 638 g/mol. The van der Waals surface area contributed by atoms with E-state index in [2.05, 4.69) is 25.8 Å². The predicted octanol–water partition coefficient (Wildman–Crippen LogP) is 3.90. The van der Waals surface area contributed by atoms with Crippen molar-refractivity contribution >= 4 is 39.2 Å². The number of aromatic nitrogens is 3. The number of morpholine rings is 1. The van der Waals surface area contributed by atoms with Crippen molar-refractivity contribution in [2.75, 3.05) is 82.5 Å². The number of amides is 1. The summed E-state index contributed by atoms with van der Waals surface area (Å²) in [4.78, 5) is 22.8. The Morgan fingerprint density at radius 1 is 0.894 bits per heavy atom. The van der Waals surface area contributed by atoms with Crippen LogP contribution < -0.4 is 25.0 Å². The molecular formula is C35H39N7O5. The lowest BCUT2D eigenvalue weighted by Crippen LogP contribution is -2.47. The summed E-state index contributed by atoms with van der Waals surface area (Å²) in [5.74, 6) is 1.80. The normalized spacial score (nSPS) is 15.8. The maximum atomic E-state index is 11.6. The van der Waals surface area contributed by atoms with Crippen LogP contribution in [-0.2, 0) is 11.2 Å². The van der Waals surface area contributed by atoms with Crippen LogP contribution in [0, 0.1) is 0 Å². The topological polar surface area (TPSA) is 132 Å². The van der Waals surface area contributed by atoms with Crippen molar-refractivity contribution in [1.29, 1.82) is 0 Å². The van der Waals surface area contributed by atoms with Crippen LogP contribution in [0.1, 0.15) is 28.2 Å². The van der Waals surface area contributed by atoms with E-state index < -0.39 is 5.91 Å². The van der Waals surface area contributed by atoms with Gasteiger partial charge in [-0.1, -0.05) is 0 Å². The van der Waals surface area contributed by atoms with Crippen LogP contribution in [0.25, 0.3) is 21.7 Å². The van der Waals surface area contributed by atoms with Gasteiger partial charge in [0.15, 0.2) is 23.1 Å². The molecule has 47 heavy (non-hydrogen) atoms. The van der Waals surface area contributed by atoms with Crippen molar-refractivity contribution in [2.24, 2.45) is 5.73 Å². The quantitative estimate of drug-likeness (QED) is 0.212. The molecule has 0 saturated carbocycles. The van der Waals surface area contributed by atoms with Gasteiger partial charge in [-0.2, -0.15) is 5.10 Å². The van der Waals surface area contributed by atoms with Gasteiger partial charge in [0.05, 0.1) is 32.6 Å². The minimum atomic E-state index is -0.573. The molecule has 0 unspecified atom stereocenters. The summed E-state index contributed by atoms with van der Waals surface area (Å²) in [6.07, 6.45) is 5.12. The van der Waals surface area contributed by atoms with Crippen LogP contribution in [0.2, 0.25) is 0 Å². The Bertz CT molecular complexity index is 1850. The van der Waals surface area contributed by atoms with Gasteiger partial charge >= 0.3 is 0 Å². The Hall–Kier alpha value is -4.94. The smallest absolute Gasteiger partial charge is 0.284 e. The fourth-order valence-electron chi connectivity index (χ4n) is 6.35. The highest BCUT2D eigenvalue weighted by atomic mass is 16.5. The molecule has 2 N–H and O–H groups in total. The fourth-order valence-corrected chi connectivity index (χ4v) is 6.35. The summed E-state index contributed by atoms with van der Waals surface area (Å²) in [6, 6.07) is 15.8. The minimum Gasteiger partial charge on any atom is -0.493 e. The van der Waals surface area contributed by atoms with E-state index in [0.717, 1.165) is 104 Å². The zero-order chi connectivity index (χ0) is 32.2. The number of nitrogens with zero attached hydrogens (tertiary/aromatic N) is 6. The highest BCUT2D eigenvalue weighted by molar-refractivity contribution is 5.97. The van der Waals surface area contributed by atoms with E-state index in [0.29, 0.717) is 30.1 Å². The molecule has 2 aliphatic rings. The molecule has 2 fully saturated rings. The zero-order valence-corrected chi connectivity index (χ0v) is 26.6. The number of fused-ring (bicyclic) bond motifs is 2. The van der Waals surface area contributed by atoms with Gasteiger partial charge < -0.3 is 34.2 Å². The molecule has 0 spiro atoms. The molecule has 12 nitrogen and oxygen atoms in total. The van der Waals surface area contributed by atoms with E-state index in [-0.39, 0.29) is 5.76 Å². The lowest BCUT2D eigenvalue weighted by Gasteiger charge is -2.37. The van der Waals surface area contributed by atoms with E-state index >= 15 is 0 Å². The Kier molecular flexibility index (Phi) is 9.02. The van der Waals surface area contributed by atoms with Crippen molar-refractivity contribution in [3.63, 3.8) is 0 Å². The van der Waals surface area contributed by atoms with Gasteiger partial charge in [0, 0.05) is 86.5 Å². The van der Waals surface area contributed by atoms with Gasteiger partial charge in [0.25, 0.3) is 5.91 Å². The maximum Gasteiger partial charge on any atom is 0.284 e. The highest BCUT2D eigenvalue weighted by Crippen LogP contribution is 2.38. The summed E-state index contributed by atoms with van der Waals surface area (Å²) in [7, 11) is 1.68. The number of primary amides is 1. The minimum absolute atomic E-state index is 0.164. The number of piperazine rings is 1. The summed E-state index contributed by atoms with van der Waals surface area (Å²) in [5, 5.41) is 12.4. The van der Waals surface area contributed by atoms with Crippen molar-refractivity contribution in [3.8, 4) is 11.5 Å². The Morgan fingerprint density at radius 2 is 1.66 bits per heavy atom. The molecule has 2 aliphatic heterocycles. The summed E-state index contributed by atoms with van der Waals surface area (Å²) in [5.41, 5.74) is 9.10. The lowest BCUT2D eigenvalue weighted by atomic mass is 10.0. The first kappa shape index (κ1) is 30.7. The monoisotopic (exact) mass is 637 g/mol. The first-order chi connectivity index (χ1) is 23.1. The number of carbonyl (C=O) groups is 1. The number of methoxy groups -OCH3 is 1. The predicted molar refractivity (Wildman–Crippen MR) is 180 cm³/mol. The third-order valence-electron chi connectivity index (χ3n) is 8.91. The Morgan fingerprint density at radius 3 is 2.43 bits per heavy atom. The molecule has 0 radical (unpaired) electrons. The molecule has 7 rings (SSSR count). The van der Waals surface area contributed by atoms with Crippen LogP contribution in [0.4, 0.5) is 11.5 Å². The molecule has 0 atom stereocenters. The summed E-state index contributed by atoms with van der Waals surface area (Å²) < 4.78 is 23.2. The van der Waals surface area contributed by atoms with Gasteiger partial charge in [-0.15, -0.1) is 5.10 Å². The molecule has 5 aromatic rings. The second-order valence-corrected chi connectivity index (χ2v) is 11.9. The van der Waals surface area contributed by atoms with Gasteiger partial charge in [0.1, 0.15) is 5.58 Å². The molecule has 1 amide bonds. The number of furan rings is 1. The number of ether oxygens (including phenoxy) is 3. The zero-order valence-electron chi connectivity index (χ0n) is 26.6. The van der Waals surface area contributed by atoms with Crippen molar-refractivity contribution in [3.05, 3.63) is 77.9 Å². The molecule has 3 aromatic heterocycles. The van der Waals surface area contributed by atoms with E-state index in [1.165, 1.54) is 0 Å². The number of rotatable bonds is 11. The average Bonchev–Trinajstić information content (AvgIpc) is 3.55. The van der Waals surface area contributed by atoms with Gasteiger partial charge in [0.2, 0.25) is 0 Å². The van der Waals surface area contributed by atoms with Crippen LogP contribution in [-0.4, -0.2) is 98.7 Å². The van der Waals surface area contributed by atoms with E-state index in [1.54, 1.807) is 25.6 Å². The molecule has 2 saturated heterocycles. The summed E-state index contributed by atoms with van der Waals surface area (Å²) in [6.45, 7) is 8.13. The first-order valence-electron chi connectivity index (χ1n) is 16.1. The van der Waals surface area contributed by atoms with Crippen LogP contribution in [0.15, 0.2) is 65.3 Å². The van der Waals surface area contributed by atoms with Crippen LogP contribution in [0.3, 0.4) is 0 Å². The number of pyridine rings is 1. The van der Waals surface area contributed by atoms with Crippen LogP contribution in [0.5, 0.6) is 11.5 Å². The van der Waals surface area contributed by atoms with Crippen molar-refractivity contribution < 1.29 is 23.4 Å². The third-order valence-corrected chi connectivity index (χ3v) is 8.91. The molecular weight excluding hydrogens is 598 g/mol. The maximum absolute atomic E-state index is 11.6. The van der Waals surface area contributed by atoms with E-state index in [1.807, 2.05) is 36.4 Å². The molecule has 0 aliphatic carbocycles. The molecule has 2 aromatic carbocycles. The second kappa shape index (κ2) is 13.8. The summed E-state index contributed by atoms with van der Waals surface area (Å²) >= 11 is 0. The number of nitrogens with two attached hydrogens (primary N) is 1. The van der Waals surface area contributed by atoms with E-state index in [4.69, 9.17) is 34.6 Å². The highest BCUT2D eigenvalue weighted by Gasteiger charge is 2.24. The van der Waals surface area contributed by atoms with E-state index in [9.17, 15) is 4.79 Å². The molecule has 5 heterocycles. The number of hydrogen-bond acceptors (Lipinski definition) is 11. The van der Waals surface area contributed by atoms with Crippen LogP contribution >= 0.6 is 0 Å². The fraction of sp³-hybridized carbons (Fsp3) is 0.371. The number of hydrogen-bond donors (Lipinski definition) is 1. The number of benzene rings is 2. The molecule has 0 bridgehead atoms. The van der Waals surface area contributed by atoms with Crippen molar-refractivity contribution in [2.45, 2.75) is 12.8 Å². The number of anilines is 2. The Labute approximate surface area is 273 Å². The Balaban J connectivity index is 1.13. The first-order valence-corrected chi connectivity index (χ1v) is 16.1. The van der Waals surface area contributed by atoms with Gasteiger partial charge in [-0.3, -0.25) is 14.7 Å². The largest absolute Gasteiger partial charge is 0.493 e. The van der Waals surface area contributed by atoms with Gasteiger partial charge in [-0.05, 0) is 60.5 Å². The molecule has 12 heteroatoms. The SMILES string of the molecule is COc1cc2c(Cc3ccncc3)nnc(N3CCN(c4ccc5oc(C(N)=O)cc5c4)CC3)c2cc1OCCCN1CCOCC1. The standard InChI is InChI=1S/C35H39N7O5/c1-44-31-22-27-28(23-32(31)46-16-2-9-40-14-17-45-18-15-40)35(39-38-29(27)19-24-5-7-37-8-6-24)42-12-10-41(11-13-42)26-3-4-30-25(20-26)21-33(47-30)34(36)43/h3-8,20-23H,2,9-19H2,1H3,(H2,36,43). The lowest BCUT2D eigenvalue weighted by molar-refractivity contribution is 0.0357. The van der Waals surface area contributed by atoms with Crippen molar-refractivity contribution in [1.82, 2.24) is 20.1 Å². The number of carbonyl (C=O) groups excluding carboxylic acids is 1.